The predicted molar refractivity (Wildman–Crippen MR) is 77.4 cm³/mol. The molecular weight excluding hydrogens is 222 g/mol. The van der Waals surface area contributed by atoms with Crippen LogP contribution in [-0.4, -0.2) is 17.2 Å². The van der Waals surface area contributed by atoms with E-state index < -0.39 is 0 Å². The van der Waals surface area contributed by atoms with Crippen LogP contribution in [0.4, 0.5) is 0 Å². The molecule has 0 saturated carbocycles. The number of aryl methyl sites for hydroxylation is 1. The van der Waals surface area contributed by atoms with Gasteiger partial charge in [0.25, 0.3) is 0 Å². The van der Waals surface area contributed by atoms with Crippen LogP contribution in [0.1, 0.15) is 19.4 Å². The van der Waals surface area contributed by atoms with Gasteiger partial charge in [0.05, 0.1) is 0 Å². The molecule has 0 bridgehead atoms. The minimum absolute atomic E-state index is 0.379. The van der Waals surface area contributed by atoms with Crippen LogP contribution in [0, 0.1) is 5.92 Å². The summed E-state index contributed by atoms with van der Waals surface area (Å²) in [7, 11) is 2.09. The largest absolute Gasteiger partial charge is 0.350 e. The number of fused-ring (bicyclic) bond motifs is 1. The van der Waals surface area contributed by atoms with E-state index in [-0.39, 0.29) is 0 Å². The van der Waals surface area contributed by atoms with Crippen molar-refractivity contribution in [1.82, 2.24) is 9.88 Å². The van der Waals surface area contributed by atoms with Gasteiger partial charge in [-0.25, -0.2) is 0 Å². The summed E-state index contributed by atoms with van der Waals surface area (Å²) in [4.78, 5) is 0. The zero-order chi connectivity index (χ0) is 13.1. The summed E-state index contributed by atoms with van der Waals surface area (Å²) in [6.45, 7) is 5.96. The maximum Gasteiger partial charge on any atom is 0.0481 e. The molecule has 0 amide bonds. The standard InChI is InChI=1S/C15H23N3/c1-11(2)14(8-16)17-9-12-10-18(3)15-7-5-4-6-13(12)15/h4-7,10-11,14,17H,8-9,16H2,1-3H3. The van der Waals surface area contributed by atoms with Gasteiger partial charge in [-0.2, -0.15) is 0 Å². The molecule has 1 aromatic heterocycles. The number of para-hydroxylation sites is 1. The first-order valence-electron chi connectivity index (χ1n) is 6.60. The van der Waals surface area contributed by atoms with Gasteiger partial charge in [-0.3, -0.25) is 0 Å². The minimum atomic E-state index is 0.379. The van der Waals surface area contributed by atoms with Crippen LogP contribution >= 0.6 is 0 Å². The van der Waals surface area contributed by atoms with Crippen LogP contribution in [0.5, 0.6) is 0 Å². The molecule has 0 fully saturated rings. The molecule has 3 N–H and O–H groups in total. The second-order valence-electron chi connectivity index (χ2n) is 5.25. The summed E-state index contributed by atoms with van der Waals surface area (Å²) >= 11 is 0. The molecule has 0 spiro atoms. The molecule has 0 aliphatic heterocycles. The highest BCUT2D eigenvalue weighted by Gasteiger charge is 2.12. The van der Waals surface area contributed by atoms with Crippen LogP contribution in [0.25, 0.3) is 10.9 Å². The number of hydrogen-bond acceptors (Lipinski definition) is 2. The highest BCUT2D eigenvalue weighted by Crippen LogP contribution is 2.20. The van der Waals surface area contributed by atoms with E-state index in [1.807, 2.05) is 0 Å². The molecule has 1 aromatic carbocycles. The van der Waals surface area contributed by atoms with Gasteiger partial charge >= 0.3 is 0 Å². The van der Waals surface area contributed by atoms with Gasteiger partial charge in [0.15, 0.2) is 0 Å². The Morgan fingerprint density at radius 2 is 2.00 bits per heavy atom. The lowest BCUT2D eigenvalue weighted by molar-refractivity contribution is 0.405. The van der Waals surface area contributed by atoms with Gasteiger partial charge in [-0.1, -0.05) is 32.0 Å². The van der Waals surface area contributed by atoms with Crippen molar-refractivity contribution in [1.29, 1.82) is 0 Å². The fourth-order valence-corrected chi connectivity index (χ4v) is 2.40. The number of nitrogens with zero attached hydrogens (tertiary/aromatic N) is 1. The van der Waals surface area contributed by atoms with Crippen LogP contribution in [0.15, 0.2) is 30.5 Å². The first kappa shape index (κ1) is 13.1. The van der Waals surface area contributed by atoms with Gasteiger partial charge in [-0.15, -0.1) is 0 Å². The van der Waals surface area contributed by atoms with Crippen molar-refractivity contribution in [3.63, 3.8) is 0 Å². The SMILES string of the molecule is CC(C)C(CN)NCc1cn(C)c2ccccc12. The van der Waals surface area contributed by atoms with Gasteiger partial charge < -0.3 is 15.6 Å². The molecule has 3 heteroatoms. The summed E-state index contributed by atoms with van der Waals surface area (Å²) in [5.74, 6) is 0.560. The van der Waals surface area contributed by atoms with Crippen LogP contribution in [0.3, 0.4) is 0 Å². The second kappa shape index (κ2) is 5.55. The lowest BCUT2D eigenvalue weighted by Crippen LogP contribution is -2.39. The highest BCUT2D eigenvalue weighted by atomic mass is 15.0. The number of aromatic nitrogens is 1. The molecule has 18 heavy (non-hydrogen) atoms. The van der Waals surface area contributed by atoms with Crippen molar-refractivity contribution in [2.45, 2.75) is 26.4 Å². The van der Waals surface area contributed by atoms with E-state index in [0.717, 1.165) is 6.54 Å². The highest BCUT2D eigenvalue weighted by molar-refractivity contribution is 5.83. The van der Waals surface area contributed by atoms with Crippen molar-refractivity contribution in [2.75, 3.05) is 6.54 Å². The van der Waals surface area contributed by atoms with E-state index in [1.165, 1.54) is 16.5 Å². The van der Waals surface area contributed by atoms with Crippen LogP contribution in [0.2, 0.25) is 0 Å². The van der Waals surface area contributed by atoms with Gasteiger partial charge in [0, 0.05) is 43.3 Å². The summed E-state index contributed by atoms with van der Waals surface area (Å²) in [6, 6.07) is 8.88. The maximum absolute atomic E-state index is 5.79. The third kappa shape index (κ3) is 2.57. The van der Waals surface area contributed by atoms with Crippen LogP contribution < -0.4 is 11.1 Å². The Kier molecular flexibility index (Phi) is 4.04. The molecule has 2 rings (SSSR count). The molecule has 0 aliphatic carbocycles. The second-order valence-corrected chi connectivity index (χ2v) is 5.25. The molecule has 0 aliphatic rings. The molecular formula is C15H23N3. The lowest BCUT2D eigenvalue weighted by atomic mass is 10.0. The minimum Gasteiger partial charge on any atom is -0.350 e. The van der Waals surface area contributed by atoms with Crippen molar-refractivity contribution in [3.05, 3.63) is 36.0 Å². The van der Waals surface area contributed by atoms with Gasteiger partial charge in [0.1, 0.15) is 0 Å². The third-order valence-electron chi connectivity index (χ3n) is 3.59. The van der Waals surface area contributed by atoms with E-state index in [9.17, 15) is 0 Å². The zero-order valence-electron chi connectivity index (χ0n) is 11.5. The smallest absolute Gasteiger partial charge is 0.0481 e. The zero-order valence-corrected chi connectivity index (χ0v) is 11.5. The molecule has 1 heterocycles. The topological polar surface area (TPSA) is 43.0 Å². The van der Waals surface area contributed by atoms with Crippen molar-refractivity contribution >= 4 is 10.9 Å². The molecule has 1 unspecified atom stereocenters. The number of nitrogens with one attached hydrogen (secondary N) is 1. The average molecular weight is 245 g/mol. The summed E-state index contributed by atoms with van der Waals surface area (Å²) in [6.07, 6.45) is 2.20. The molecule has 98 valence electrons. The molecule has 0 radical (unpaired) electrons. The quantitative estimate of drug-likeness (QED) is 0.848. The first-order valence-corrected chi connectivity index (χ1v) is 6.60. The van der Waals surface area contributed by atoms with E-state index in [1.54, 1.807) is 0 Å². The number of hydrogen-bond donors (Lipinski definition) is 2. The Labute approximate surface area is 109 Å². The fraction of sp³-hybridized carbons (Fsp3) is 0.467. The molecule has 3 nitrogen and oxygen atoms in total. The number of rotatable bonds is 5. The van der Waals surface area contributed by atoms with Gasteiger partial charge in [-0.05, 0) is 17.5 Å². The predicted octanol–water partition coefficient (Wildman–Crippen LogP) is 2.25. The fourth-order valence-electron chi connectivity index (χ4n) is 2.40. The molecule has 1 atom stereocenters. The molecule has 0 saturated heterocycles. The molecule has 2 aromatic rings. The van der Waals surface area contributed by atoms with Crippen LogP contribution in [-0.2, 0) is 13.6 Å². The van der Waals surface area contributed by atoms with E-state index >= 15 is 0 Å². The Morgan fingerprint density at radius 3 is 2.67 bits per heavy atom. The summed E-state index contributed by atoms with van der Waals surface area (Å²) in [5, 5.41) is 4.88. The summed E-state index contributed by atoms with van der Waals surface area (Å²) in [5.41, 5.74) is 8.41. The van der Waals surface area contributed by atoms with E-state index in [0.29, 0.717) is 18.5 Å². The Hall–Kier alpha value is -1.32. The Balaban J connectivity index is 2.17. The third-order valence-corrected chi connectivity index (χ3v) is 3.59. The van der Waals surface area contributed by atoms with Gasteiger partial charge in [0.2, 0.25) is 0 Å². The van der Waals surface area contributed by atoms with Crippen molar-refractivity contribution < 1.29 is 0 Å². The van der Waals surface area contributed by atoms with Crippen molar-refractivity contribution in [2.24, 2.45) is 18.7 Å². The Morgan fingerprint density at radius 1 is 1.28 bits per heavy atom. The number of benzene rings is 1. The first-order chi connectivity index (χ1) is 8.63. The van der Waals surface area contributed by atoms with E-state index in [4.69, 9.17) is 5.73 Å². The Bertz CT molecular complexity index is 513. The maximum atomic E-state index is 5.79. The average Bonchev–Trinajstić information content (AvgIpc) is 2.68. The normalized spacial score (nSPS) is 13.4. The monoisotopic (exact) mass is 245 g/mol. The van der Waals surface area contributed by atoms with E-state index in [2.05, 4.69) is 61.2 Å². The number of nitrogens with two attached hydrogens (primary N) is 1. The van der Waals surface area contributed by atoms with Crippen molar-refractivity contribution in [3.8, 4) is 0 Å². The lowest BCUT2D eigenvalue weighted by Gasteiger charge is -2.20. The summed E-state index contributed by atoms with van der Waals surface area (Å²) < 4.78 is 2.18.